The first-order valence-corrected chi connectivity index (χ1v) is 4.34. The molecule has 0 saturated heterocycles. The topological polar surface area (TPSA) is 55.5 Å². The van der Waals surface area contributed by atoms with Gasteiger partial charge < -0.3 is 4.52 Å². The minimum absolute atomic E-state index is 0.170. The molecule has 4 nitrogen and oxygen atoms in total. The van der Waals surface area contributed by atoms with E-state index in [9.17, 15) is 4.79 Å². The third-order valence-electron chi connectivity index (χ3n) is 1.93. The molecule has 0 N–H and O–H groups in total. The number of nitrogens with zero attached hydrogens (tertiary/aromatic N) is 2. The van der Waals surface area contributed by atoms with Crippen LogP contribution in [0.4, 0.5) is 0 Å². The van der Waals surface area contributed by atoms with Crippen LogP contribution in [0.25, 0.3) is 11.3 Å². The molecule has 4 heteroatoms. The Kier molecular flexibility index (Phi) is 2.41. The summed E-state index contributed by atoms with van der Waals surface area (Å²) in [6, 6.07) is 11.0. The lowest BCUT2D eigenvalue weighted by molar-refractivity contribution is 0.0995. The highest BCUT2D eigenvalue weighted by Gasteiger charge is 2.11. The lowest BCUT2D eigenvalue weighted by Gasteiger charge is -1.91. The Labute approximate surface area is 86.2 Å². The van der Waals surface area contributed by atoms with Gasteiger partial charge in [0.05, 0.1) is 0 Å². The molecule has 0 atom stereocenters. The predicted octanol–water partition coefficient (Wildman–Crippen LogP) is 2.18. The highest BCUT2D eigenvalue weighted by Crippen LogP contribution is 2.19. The molecule has 0 radical (unpaired) electrons. The Bertz CT molecular complexity index is 488. The number of aromatic nitrogens is 1. The van der Waals surface area contributed by atoms with E-state index in [-0.39, 0.29) is 5.69 Å². The van der Waals surface area contributed by atoms with Crippen LogP contribution in [0.1, 0.15) is 10.5 Å². The van der Waals surface area contributed by atoms with Gasteiger partial charge in [-0.1, -0.05) is 35.5 Å². The lowest BCUT2D eigenvalue weighted by atomic mass is 10.2. The SMILES string of the molecule is C=NC(=O)c1cc(-c2ccccc2)on1. The van der Waals surface area contributed by atoms with Crippen molar-refractivity contribution in [2.75, 3.05) is 0 Å². The Morgan fingerprint density at radius 3 is 2.73 bits per heavy atom. The molecule has 0 spiro atoms. The van der Waals surface area contributed by atoms with Crippen LogP contribution < -0.4 is 0 Å². The molecule has 1 aromatic heterocycles. The molecular formula is C11H8N2O2. The van der Waals surface area contributed by atoms with Crippen molar-refractivity contribution < 1.29 is 9.32 Å². The standard InChI is InChI=1S/C11H8N2O2/c1-12-11(14)9-7-10(15-13-9)8-5-3-2-4-6-8/h2-7H,1H2. The smallest absolute Gasteiger partial charge is 0.298 e. The van der Waals surface area contributed by atoms with Crippen molar-refractivity contribution in [3.05, 3.63) is 42.1 Å². The van der Waals surface area contributed by atoms with Crippen molar-refractivity contribution in [1.82, 2.24) is 5.16 Å². The van der Waals surface area contributed by atoms with E-state index < -0.39 is 5.91 Å². The fourth-order valence-corrected chi connectivity index (χ4v) is 1.20. The van der Waals surface area contributed by atoms with Crippen molar-refractivity contribution in [1.29, 1.82) is 0 Å². The quantitative estimate of drug-likeness (QED) is 0.698. The number of amides is 1. The second-order valence-electron chi connectivity index (χ2n) is 2.91. The Hall–Kier alpha value is -2.23. The van der Waals surface area contributed by atoms with Crippen LogP contribution in [-0.4, -0.2) is 17.8 Å². The summed E-state index contributed by atoms with van der Waals surface area (Å²) in [6.07, 6.45) is 0. The molecule has 0 aliphatic rings. The van der Waals surface area contributed by atoms with Crippen LogP contribution in [0.2, 0.25) is 0 Å². The summed E-state index contributed by atoms with van der Waals surface area (Å²) in [5, 5.41) is 3.61. The second-order valence-corrected chi connectivity index (χ2v) is 2.91. The maximum atomic E-state index is 11.1. The second kappa shape index (κ2) is 3.88. The predicted molar refractivity (Wildman–Crippen MR) is 55.8 cm³/mol. The van der Waals surface area contributed by atoms with E-state index >= 15 is 0 Å². The van der Waals surface area contributed by atoms with Gasteiger partial charge in [0.1, 0.15) is 0 Å². The van der Waals surface area contributed by atoms with Gasteiger partial charge in [0.2, 0.25) is 0 Å². The van der Waals surface area contributed by atoms with Crippen LogP contribution in [0.15, 0.2) is 45.9 Å². The van der Waals surface area contributed by atoms with Crippen LogP contribution in [-0.2, 0) is 0 Å². The lowest BCUT2D eigenvalue weighted by Crippen LogP contribution is -1.92. The summed E-state index contributed by atoms with van der Waals surface area (Å²) < 4.78 is 5.02. The molecule has 0 aliphatic carbocycles. The van der Waals surface area contributed by atoms with Gasteiger partial charge >= 0.3 is 0 Å². The van der Waals surface area contributed by atoms with E-state index in [2.05, 4.69) is 16.9 Å². The van der Waals surface area contributed by atoms with Crippen molar-refractivity contribution in [3.8, 4) is 11.3 Å². The van der Waals surface area contributed by atoms with Gasteiger partial charge in [-0.25, -0.2) is 4.99 Å². The molecule has 0 unspecified atom stereocenters. The minimum atomic E-state index is -0.485. The van der Waals surface area contributed by atoms with Crippen molar-refractivity contribution in [2.24, 2.45) is 4.99 Å². The van der Waals surface area contributed by atoms with Crippen LogP contribution >= 0.6 is 0 Å². The van der Waals surface area contributed by atoms with Gasteiger partial charge in [-0.3, -0.25) is 4.79 Å². The van der Waals surface area contributed by atoms with E-state index in [1.807, 2.05) is 30.3 Å². The largest absolute Gasteiger partial charge is 0.355 e. The average Bonchev–Trinajstić information content (AvgIpc) is 2.78. The highest BCUT2D eigenvalue weighted by atomic mass is 16.5. The minimum Gasteiger partial charge on any atom is -0.355 e. The molecule has 2 aromatic rings. The van der Waals surface area contributed by atoms with Crippen molar-refractivity contribution in [3.63, 3.8) is 0 Å². The fraction of sp³-hybridized carbons (Fsp3) is 0. The molecule has 15 heavy (non-hydrogen) atoms. The third-order valence-corrected chi connectivity index (χ3v) is 1.93. The third kappa shape index (κ3) is 1.83. The first-order chi connectivity index (χ1) is 7.31. The maximum Gasteiger partial charge on any atom is 0.298 e. The molecular weight excluding hydrogens is 192 g/mol. The van der Waals surface area contributed by atoms with Gasteiger partial charge in [0.15, 0.2) is 11.5 Å². The van der Waals surface area contributed by atoms with Crippen LogP contribution in [0.3, 0.4) is 0 Å². The molecule has 0 bridgehead atoms. The fourth-order valence-electron chi connectivity index (χ4n) is 1.20. The molecule has 1 aromatic carbocycles. The number of rotatable bonds is 2. The van der Waals surface area contributed by atoms with Crippen molar-refractivity contribution in [2.45, 2.75) is 0 Å². The maximum absolute atomic E-state index is 11.1. The van der Waals surface area contributed by atoms with Gasteiger partial charge in [-0.05, 0) is 6.72 Å². The van der Waals surface area contributed by atoms with E-state index in [0.717, 1.165) is 5.56 Å². The van der Waals surface area contributed by atoms with Crippen LogP contribution in [0, 0.1) is 0 Å². The van der Waals surface area contributed by atoms with Crippen molar-refractivity contribution >= 4 is 12.6 Å². The summed E-state index contributed by atoms with van der Waals surface area (Å²) in [5.41, 5.74) is 1.04. The number of carbonyl (C=O) groups is 1. The molecule has 74 valence electrons. The Balaban J connectivity index is 2.36. The van der Waals surface area contributed by atoms with Crippen LogP contribution in [0.5, 0.6) is 0 Å². The molecule has 1 heterocycles. The summed E-state index contributed by atoms with van der Waals surface area (Å²) in [5.74, 6) is 0.0588. The Morgan fingerprint density at radius 2 is 2.07 bits per heavy atom. The summed E-state index contributed by atoms with van der Waals surface area (Å²) in [6.45, 7) is 3.14. The average molecular weight is 200 g/mol. The van der Waals surface area contributed by atoms with Gasteiger partial charge in [0, 0.05) is 11.6 Å². The molecule has 2 rings (SSSR count). The first-order valence-electron chi connectivity index (χ1n) is 4.34. The number of hydrogen-bond donors (Lipinski definition) is 0. The molecule has 0 saturated carbocycles. The molecule has 0 fully saturated rings. The van der Waals surface area contributed by atoms with Gasteiger partial charge in [-0.15, -0.1) is 0 Å². The number of aliphatic imine (C=N–C) groups is 1. The van der Waals surface area contributed by atoms with E-state index in [0.29, 0.717) is 5.76 Å². The zero-order valence-electron chi connectivity index (χ0n) is 7.88. The number of benzene rings is 1. The summed E-state index contributed by atoms with van der Waals surface area (Å²) >= 11 is 0. The summed E-state index contributed by atoms with van der Waals surface area (Å²) in [7, 11) is 0. The molecule has 0 aliphatic heterocycles. The monoisotopic (exact) mass is 200 g/mol. The normalized spacial score (nSPS) is 9.87. The van der Waals surface area contributed by atoms with E-state index in [1.54, 1.807) is 6.07 Å². The Morgan fingerprint density at radius 1 is 1.33 bits per heavy atom. The summed E-state index contributed by atoms with van der Waals surface area (Å²) in [4.78, 5) is 14.4. The van der Waals surface area contributed by atoms with E-state index in [4.69, 9.17) is 4.52 Å². The van der Waals surface area contributed by atoms with E-state index in [1.165, 1.54) is 0 Å². The first kappa shape index (κ1) is 9.33. The van der Waals surface area contributed by atoms with Gasteiger partial charge in [-0.2, -0.15) is 0 Å². The zero-order chi connectivity index (χ0) is 10.7. The highest BCUT2D eigenvalue weighted by molar-refractivity contribution is 5.95. The van der Waals surface area contributed by atoms with Gasteiger partial charge in [0.25, 0.3) is 5.91 Å². The zero-order valence-corrected chi connectivity index (χ0v) is 7.88. The molecule has 1 amide bonds. The number of carbonyl (C=O) groups excluding carboxylic acids is 1. The number of hydrogen-bond acceptors (Lipinski definition) is 3.